The summed E-state index contributed by atoms with van der Waals surface area (Å²) in [5.74, 6) is -0.744. The topological polar surface area (TPSA) is 107 Å². The molecule has 230 valence electrons. The van der Waals surface area contributed by atoms with Crippen LogP contribution in [0, 0.1) is 0 Å². The van der Waals surface area contributed by atoms with Gasteiger partial charge in [0.15, 0.2) is 0 Å². The van der Waals surface area contributed by atoms with Gasteiger partial charge in [-0.15, -0.1) is 11.3 Å². The van der Waals surface area contributed by atoms with Gasteiger partial charge in [0.1, 0.15) is 12.1 Å². The first-order valence-corrected chi connectivity index (χ1v) is 15.8. The minimum absolute atomic E-state index is 0.139. The van der Waals surface area contributed by atoms with Crippen molar-refractivity contribution in [3.8, 4) is 0 Å². The molecule has 3 N–H and O–H groups in total. The molecule has 1 aliphatic rings. The van der Waals surface area contributed by atoms with Gasteiger partial charge in [-0.2, -0.15) is 0 Å². The average Bonchev–Trinajstić information content (AvgIpc) is 3.50. The highest BCUT2D eigenvalue weighted by Crippen LogP contribution is 2.22. The van der Waals surface area contributed by atoms with Gasteiger partial charge < -0.3 is 25.5 Å². The second-order valence-electron chi connectivity index (χ2n) is 12.3. The molecule has 9 heteroatoms. The number of rotatable bonds is 11. The number of nitrogens with zero attached hydrogens (tertiary/aromatic N) is 3. The van der Waals surface area contributed by atoms with Crippen LogP contribution in [0.15, 0.2) is 72.1 Å². The van der Waals surface area contributed by atoms with Crippen molar-refractivity contribution in [2.75, 3.05) is 27.2 Å². The number of amides is 3. The number of aliphatic hydroxyl groups excluding tert-OH is 1. The van der Waals surface area contributed by atoms with Crippen LogP contribution in [0.5, 0.6) is 0 Å². The second kappa shape index (κ2) is 14.3. The number of likely N-dealkylation sites (N-methyl/N-ethyl adjacent to an activating group) is 2. The van der Waals surface area contributed by atoms with Crippen LogP contribution in [-0.4, -0.2) is 88.4 Å². The summed E-state index contributed by atoms with van der Waals surface area (Å²) in [6, 6.07) is 16.4. The molecule has 1 fully saturated rings. The zero-order chi connectivity index (χ0) is 31.1. The number of fused-ring (bicyclic) bond motifs is 1. The van der Waals surface area contributed by atoms with Gasteiger partial charge in [-0.05, 0) is 67.0 Å². The Labute approximate surface area is 258 Å². The predicted molar refractivity (Wildman–Crippen MR) is 173 cm³/mol. The Morgan fingerprint density at radius 2 is 1.70 bits per heavy atom. The van der Waals surface area contributed by atoms with Crippen molar-refractivity contribution in [1.82, 2.24) is 14.7 Å². The third kappa shape index (κ3) is 8.75. The lowest BCUT2D eigenvalue weighted by Crippen LogP contribution is -2.57. The van der Waals surface area contributed by atoms with E-state index in [1.54, 1.807) is 36.4 Å². The Morgan fingerprint density at radius 1 is 1.00 bits per heavy atom. The van der Waals surface area contributed by atoms with Crippen LogP contribution in [0.4, 0.5) is 0 Å². The van der Waals surface area contributed by atoms with E-state index >= 15 is 0 Å². The lowest BCUT2D eigenvalue weighted by atomic mass is 9.98. The van der Waals surface area contributed by atoms with Gasteiger partial charge in [0.25, 0.3) is 0 Å². The van der Waals surface area contributed by atoms with Gasteiger partial charge in [0.2, 0.25) is 17.7 Å². The Hall–Kier alpha value is -3.53. The fourth-order valence-corrected chi connectivity index (χ4v) is 6.15. The standard InChI is InChI=1S/C34H44N4O4S/c1-34(2,35)17-7-12-31(40)36(3)29(22-24-13-14-25-9-5-6-10-26(25)21-24)32(41)37(4)30(23-28-11-8-20-43-28)33(42)38-18-15-27(39)16-19-38/h5-14,20-21,27,29-30,39H,15-19,22-23,35H2,1-4H3/t29-,30-/m1/s1. The molecule has 1 aromatic heterocycles. The maximum atomic E-state index is 14.4. The minimum atomic E-state index is -0.837. The number of carbonyl (C=O) groups excluding carboxylic acids is 3. The molecular formula is C34H44N4O4S. The van der Waals surface area contributed by atoms with Crippen LogP contribution in [0.3, 0.4) is 0 Å². The van der Waals surface area contributed by atoms with Gasteiger partial charge in [-0.3, -0.25) is 14.4 Å². The number of hydrogen-bond donors (Lipinski definition) is 2. The van der Waals surface area contributed by atoms with Crippen LogP contribution < -0.4 is 5.73 Å². The number of benzene rings is 2. The van der Waals surface area contributed by atoms with Crippen LogP contribution in [0.2, 0.25) is 0 Å². The molecule has 0 spiro atoms. The number of hydrogen-bond acceptors (Lipinski definition) is 6. The Balaban J connectivity index is 1.64. The highest BCUT2D eigenvalue weighted by Gasteiger charge is 2.37. The largest absolute Gasteiger partial charge is 0.393 e. The molecule has 0 saturated carbocycles. The number of thiophene rings is 1. The summed E-state index contributed by atoms with van der Waals surface area (Å²) in [6.45, 7) is 4.68. The first kappa shape index (κ1) is 32.4. The smallest absolute Gasteiger partial charge is 0.246 e. The molecule has 2 atom stereocenters. The molecule has 8 nitrogen and oxygen atoms in total. The number of aliphatic hydroxyl groups is 1. The fraction of sp³-hybridized carbons (Fsp3) is 0.441. The van der Waals surface area contributed by atoms with Crippen molar-refractivity contribution in [3.05, 3.63) is 82.6 Å². The molecule has 0 radical (unpaired) electrons. The molecule has 0 bridgehead atoms. The molecule has 1 aliphatic heterocycles. The number of nitrogens with two attached hydrogens (primary N) is 1. The van der Waals surface area contributed by atoms with Crippen molar-refractivity contribution in [3.63, 3.8) is 0 Å². The summed E-state index contributed by atoms with van der Waals surface area (Å²) in [4.78, 5) is 47.4. The van der Waals surface area contributed by atoms with E-state index in [1.807, 2.05) is 73.8 Å². The number of piperidine rings is 1. The molecule has 4 rings (SSSR count). The summed E-state index contributed by atoms with van der Waals surface area (Å²) in [5, 5.41) is 14.1. The summed E-state index contributed by atoms with van der Waals surface area (Å²) < 4.78 is 0. The van der Waals surface area contributed by atoms with Crippen LogP contribution >= 0.6 is 11.3 Å². The zero-order valence-corrected chi connectivity index (χ0v) is 26.4. The van der Waals surface area contributed by atoms with Crippen molar-refractivity contribution < 1.29 is 19.5 Å². The van der Waals surface area contributed by atoms with E-state index in [2.05, 4.69) is 0 Å². The van der Waals surface area contributed by atoms with E-state index in [4.69, 9.17) is 5.73 Å². The maximum Gasteiger partial charge on any atom is 0.246 e. The molecule has 3 amide bonds. The molecule has 2 heterocycles. The van der Waals surface area contributed by atoms with Gasteiger partial charge in [0, 0.05) is 50.4 Å². The monoisotopic (exact) mass is 604 g/mol. The molecular weight excluding hydrogens is 560 g/mol. The Kier molecular flexibility index (Phi) is 10.8. The normalized spacial score (nSPS) is 15.9. The van der Waals surface area contributed by atoms with Gasteiger partial charge in [-0.25, -0.2) is 0 Å². The van der Waals surface area contributed by atoms with Gasteiger partial charge in [0.05, 0.1) is 6.10 Å². The summed E-state index contributed by atoms with van der Waals surface area (Å²) in [7, 11) is 3.30. The Morgan fingerprint density at radius 3 is 2.35 bits per heavy atom. The summed E-state index contributed by atoms with van der Waals surface area (Å²) in [6.07, 6.45) is 5.02. The lowest BCUT2D eigenvalue weighted by Gasteiger charge is -2.38. The first-order valence-electron chi connectivity index (χ1n) is 14.9. The van der Waals surface area contributed by atoms with Gasteiger partial charge in [-0.1, -0.05) is 54.6 Å². The highest BCUT2D eigenvalue weighted by atomic mass is 32.1. The summed E-state index contributed by atoms with van der Waals surface area (Å²) >= 11 is 1.55. The van der Waals surface area contributed by atoms with E-state index in [-0.39, 0.29) is 17.7 Å². The molecule has 1 saturated heterocycles. The number of likely N-dealkylation sites (tertiary alicyclic amines) is 1. The van der Waals surface area contributed by atoms with Crippen molar-refractivity contribution in [2.45, 2.75) is 69.7 Å². The second-order valence-corrected chi connectivity index (χ2v) is 13.3. The van der Waals surface area contributed by atoms with Gasteiger partial charge >= 0.3 is 0 Å². The van der Waals surface area contributed by atoms with E-state index in [0.717, 1.165) is 21.2 Å². The Bertz CT molecular complexity index is 1420. The van der Waals surface area contributed by atoms with Crippen LogP contribution in [0.25, 0.3) is 10.8 Å². The SMILES string of the molecule is CN(C(=O)C=CCC(C)(C)N)[C@H](Cc1ccc2ccccc2c1)C(=O)N(C)[C@H](Cc1cccs1)C(=O)N1CCC(O)CC1. The quantitative estimate of drug-likeness (QED) is 0.322. The first-order chi connectivity index (χ1) is 20.4. The number of carbonyl (C=O) groups is 3. The summed E-state index contributed by atoms with van der Waals surface area (Å²) in [5.41, 5.74) is 6.55. The average molecular weight is 605 g/mol. The maximum absolute atomic E-state index is 14.4. The van der Waals surface area contributed by atoms with Crippen molar-refractivity contribution in [2.24, 2.45) is 5.73 Å². The van der Waals surface area contributed by atoms with E-state index in [0.29, 0.717) is 45.2 Å². The van der Waals surface area contributed by atoms with E-state index < -0.39 is 23.7 Å². The third-order valence-corrected chi connectivity index (χ3v) is 9.00. The van der Waals surface area contributed by atoms with E-state index in [1.165, 1.54) is 15.9 Å². The fourth-order valence-electron chi connectivity index (χ4n) is 5.41. The molecule has 43 heavy (non-hydrogen) atoms. The molecule has 0 unspecified atom stereocenters. The zero-order valence-electron chi connectivity index (χ0n) is 25.6. The third-order valence-electron chi connectivity index (χ3n) is 8.10. The highest BCUT2D eigenvalue weighted by molar-refractivity contribution is 7.09. The molecule has 2 aromatic carbocycles. The van der Waals surface area contributed by atoms with Crippen molar-refractivity contribution in [1.29, 1.82) is 0 Å². The molecule has 3 aromatic rings. The predicted octanol–water partition coefficient (Wildman–Crippen LogP) is 4.01. The molecule has 0 aliphatic carbocycles. The van der Waals surface area contributed by atoms with E-state index in [9.17, 15) is 19.5 Å². The van der Waals surface area contributed by atoms with Crippen LogP contribution in [-0.2, 0) is 27.2 Å². The van der Waals surface area contributed by atoms with Crippen molar-refractivity contribution >= 4 is 39.8 Å². The minimum Gasteiger partial charge on any atom is -0.393 e. The lowest BCUT2D eigenvalue weighted by molar-refractivity contribution is -0.150. The van der Waals surface area contributed by atoms with Crippen LogP contribution in [0.1, 0.15) is 43.6 Å².